The molecule has 1 atom stereocenters. The van der Waals surface area contributed by atoms with Crippen molar-refractivity contribution in [3.63, 3.8) is 0 Å². The Balaban J connectivity index is 1.61. The van der Waals surface area contributed by atoms with Crippen molar-refractivity contribution in [2.24, 2.45) is 17.4 Å². The number of aromatic nitrogens is 2. The number of nitrogens with zero attached hydrogens (tertiary/aromatic N) is 2. The van der Waals surface area contributed by atoms with Crippen LogP contribution >= 0.6 is 0 Å². The molecule has 0 spiro atoms. The van der Waals surface area contributed by atoms with E-state index >= 15 is 0 Å². The van der Waals surface area contributed by atoms with Crippen LogP contribution in [0.1, 0.15) is 56.8 Å². The lowest BCUT2D eigenvalue weighted by Gasteiger charge is -2.42. The van der Waals surface area contributed by atoms with Gasteiger partial charge in [0.05, 0.1) is 5.70 Å². The Bertz CT molecular complexity index is 813. The summed E-state index contributed by atoms with van der Waals surface area (Å²) in [5.74, 6) is 1.70. The van der Waals surface area contributed by atoms with E-state index < -0.39 is 5.66 Å². The maximum atomic E-state index is 6.84. The first-order chi connectivity index (χ1) is 12.9. The van der Waals surface area contributed by atoms with Gasteiger partial charge in [-0.3, -0.25) is 0 Å². The van der Waals surface area contributed by atoms with Crippen LogP contribution in [0.15, 0.2) is 42.7 Å². The predicted molar refractivity (Wildman–Crippen MR) is 111 cm³/mol. The molecule has 1 aromatic heterocycles. The van der Waals surface area contributed by atoms with Gasteiger partial charge in [0.25, 0.3) is 0 Å². The second-order valence-electron chi connectivity index (χ2n) is 8.24. The summed E-state index contributed by atoms with van der Waals surface area (Å²) in [4.78, 5) is 4.50. The second-order valence-corrected chi connectivity index (χ2v) is 8.24. The molecule has 1 aliphatic carbocycles. The van der Waals surface area contributed by atoms with Gasteiger partial charge >= 0.3 is 0 Å². The number of rotatable bonds is 4. The van der Waals surface area contributed by atoms with Crippen molar-refractivity contribution in [3.8, 4) is 0 Å². The Hall–Kier alpha value is -2.31. The zero-order chi connectivity index (χ0) is 19.0. The van der Waals surface area contributed by atoms with Crippen LogP contribution in [-0.4, -0.2) is 21.4 Å². The number of anilines is 1. The largest absolute Gasteiger partial charge is 0.353 e. The molecule has 4 rings (SSSR count). The summed E-state index contributed by atoms with van der Waals surface area (Å²) in [6.07, 6.45) is 9.92. The van der Waals surface area contributed by atoms with Crippen LogP contribution in [0, 0.1) is 5.92 Å². The summed E-state index contributed by atoms with van der Waals surface area (Å²) in [6, 6.07) is 8.86. The smallest absolute Gasteiger partial charge is 0.174 e. The molecule has 6 N–H and O–H groups in total. The lowest BCUT2D eigenvalue weighted by molar-refractivity contribution is 0.239. The summed E-state index contributed by atoms with van der Waals surface area (Å²) in [7, 11) is 0. The molecular weight excluding hydrogens is 336 g/mol. The van der Waals surface area contributed by atoms with Crippen molar-refractivity contribution in [2.75, 3.05) is 10.7 Å². The third kappa shape index (κ3) is 3.59. The summed E-state index contributed by atoms with van der Waals surface area (Å²) >= 11 is 0. The Morgan fingerprint density at radius 2 is 1.89 bits per heavy atom. The fourth-order valence-electron chi connectivity index (χ4n) is 4.14. The number of nitrogens with one attached hydrogen (secondary N) is 2. The van der Waals surface area contributed by atoms with E-state index in [-0.39, 0.29) is 0 Å². The molecule has 6 nitrogen and oxygen atoms in total. The molecule has 0 amide bonds. The van der Waals surface area contributed by atoms with Gasteiger partial charge in [0.2, 0.25) is 0 Å². The van der Waals surface area contributed by atoms with E-state index in [1.165, 1.54) is 5.56 Å². The van der Waals surface area contributed by atoms with E-state index in [0.717, 1.165) is 42.9 Å². The van der Waals surface area contributed by atoms with E-state index in [0.29, 0.717) is 17.9 Å². The van der Waals surface area contributed by atoms with Crippen LogP contribution in [0.25, 0.3) is 5.70 Å². The van der Waals surface area contributed by atoms with Gasteiger partial charge in [0.15, 0.2) is 5.82 Å². The second kappa shape index (κ2) is 7.02. The molecule has 2 aromatic rings. The summed E-state index contributed by atoms with van der Waals surface area (Å²) in [5.41, 5.74) is 19.1. The fourth-order valence-corrected chi connectivity index (χ4v) is 4.14. The number of hydrogen-bond donors (Lipinski definition) is 4. The number of hydrogen-bond acceptors (Lipinski definition) is 5. The molecule has 2 aliphatic rings. The SMILES string of the molecule is CC(C)c1ccc(NC2=CC(N)(C3CCC(N)CC3)Nn3ccnc32)cc1. The van der Waals surface area contributed by atoms with Crippen LogP contribution in [-0.2, 0) is 0 Å². The quantitative estimate of drug-likeness (QED) is 0.667. The highest BCUT2D eigenvalue weighted by Crippen LogP contribution is 2.35. The molecular formula is C21H30N6. The maximum absolute atomic E-state index is 6.84. The normalized spacial score (nSPS) is 27.7. The zero-order valence-electron chi connectivity index (χ0n) is 16.2. The standard InChI is InChI=1S/C21H30N6/c1-14(2)15-3-9-18(10-4-15)25-19-13-21(23,16-5-7-17(22)8-6-16)26-27-12-11-24-20(19)27/h3-4,9-14,16-17,25-26H,5-8,22-23H2,1-2H3. The maximum Gasteiger partial charge on any atom is 0.174 e. The van der Waals surface area contributed by atoms with Gasteiger partial charge < -0.3 is 22.2 Å². The average Bonchev–Trinajstić information content (AvgIpc) is 3.11. The fraction of sp³-hybridized carbons (Fsp3) is 0.476. The molecule has 0 radical (unpaired) electrons. The Labute approximate surface area is 161 Å². The van der Waals surface area contributed by atoms with Crippen molar-refractivity contribution >= 4 is 11.4 Å². The van der Waals surface area contributed by atoms with Crippen LogP contribution in [0.4, 0.5) is 5.69 Å². The van der Waals surface area contributed by atoms with Gasteiger partial charge in [-0.1, -0.05) is 26.0 Å². The first-order valence-corrected chi connectivity index (χ1v) is 9.91. The van der Waals surface area contributed by atoms with E-state index in [1.807, 2.05) is 10.9 Å². The first-order valence-electron chi connectivity index (χ1n) is 9.91. The average molecular weight is 367 g/mol. The van der Waals surface area contributed by atoms with Gasteiger partial charge in [-0.15, -0.1) is 0 Å². The van der Waals surface area contributed by atoms with E-state index in [2.05, 4.69) is 59.9 Å². The lowest BCUT2D eigenvalue weighted by atomic mass is 9.78. The van der Waals surface area contributed by atoms with Crippen LogP contribution in [0.3, 0.4) is 0 Å². The highest BCUT2D eigenvalue weighted by molar-refractivity contribution is 5.76. The summed E-state index contributed by atoms with van der Waals surface area (Å²) < 4.78 is 1.93. The van der Waals surface area contributed by atoms with Gasteiger partial charge in [-0.2, -0.15) is 0 Å². The Morgan fingerprint density at radius 3 is 2.56 bits per heavy atom. The topological polar surface area (TPSA) is 93.9 Å². The molecule has 144 valence electrons. The minimum atomic E-state index is -0.617. The molecule has 1 aliphatic heterocycles. The summed E-state index contributed by atoms with van der Waals surface area (Å²) in [5, 5.41) is 3.53. The number of imidazole rings is 1. The van der Waals surface area contributed by atoms with Gasteiger partial charge in [-0.05, 0) is 55.4 Å². The number of nitrogens with two attached hydrogens (primary N) is 2. The monoisotopic (exact) mass is 366 g/mol. The third-order valence-corrected chi connectivity index (χ3v) is 5.88. The van der Waals surface area contributed by atoms with Crippen molar-refractivity contribution in [1.82, 2.24) is 9.66 Å². The van der Waals surface area contributed by atoms with Crippen LogP contribution in [0.5, 0.6) is 0 Å². The molecule has 6 heteroatoms. The molecule has 2 heterocycles. The highest BCUT2D eigenvalue weighted by Gasteiger charge is 2.39. The minimum absolute atomic E-state index is 0.304. The van der Waals surface area contributed by atoms with E-state index in [9.17, 15) is 0 Å². The number of benzene rings is 1. The van der Waals surface area contributed by atoms with Crippen molar-refractivity contribution in [2.45, 2.75) is 57.2 Å². The lowest BCUT2D eigenvalue weighted by Crippen LogP contribution is -2.58. The van der Waals surface area contributed by atoms with Crippen molar-refractivity contribution in [1.29, 1.82) is 0 Å². The molecule has 0 saturated heterocycles. The molecule has 27 heavy (non-hydrogen) atoms. The summed E-state index contributed by atoms with van der Waals surface area (Å²) in [6.45, 7) is 4.40. The highest BCUT2D eigenvalue weighted by atomic mass is 15.5. The van der Waals surface area contributed by atoms with Gasteiger partial charge in [0.1, 0.15) is 5.66 Å². The molecule has 0 bridgehead atoms. The van der Waals surface area contributed by atoms with Crippen molar-refractivity contribution < 1.29 is 0 Å². The Morgan fingerprint density at radius 1 is 1.19 bits per heavy atom. The van der Waals surface area contributed by atoms with Crippen LogP contribution < -0.4 is 22.2 Å². The minimum Gasteiger partial charge on any atom is -0.353 e. The molecule has 1 unspecified atom stereocenters. The molecule has 1 fully saturated rings. The predicted octanol–water partition coefficient (Wildman–Crippen LogP) is 3.19. The molecule has 1 saturated carbocycles. The third-order valence-electron chi connectivity index (χ3n) is 5.88. The van der Waals surface area contributed by atoms with Crippen molar-refractivity contribution in [3.05, 3.63) is 54.1 Å². The van der Waals surface area contributed by atoms with Crippen LogP contribution in [0.2, 0.25) is 0 Å². The van der Waals surface area contributed by atoms with Gasteiger partial charge in [-0.25, -0.2) is 9.66 Å². The number of fused-ring (bicyclic) bond motifs is 1. The van der Waals surface area contributed by atoms with E-state index in [1.54, 1.807) is 6.20 Å². The molecule has 1 aromatic carbocycles. The first kappa shape index (κ1) is 18.1. The Kier molecular flexibility index (Phi) is 4.70. The van der Waals surface area contributed by atoms with Gasteiger partial charge in [0, 0.05) is 30.0 Å². The van der Waals surface area contributed by atoms with E-state index in [4.69, 9.17) is 11.5 Å². The zero-order valence-corrected chi connectivity index (χ0v) is 16.2.